The van der Waals surface area contributed by atoms with Gasteiger partial charge in [0.2, 0.25) is 0 Å². The highest BCUT2D eigenvalue weighted by Crippen LogP contribution is 2.29. The number of nitrogens with zero attached hydrogens (tertiary/aromatic N) is 2. The molecule has 0 amide bonds. The highest BCUT2D eigenvalue weighted by molar-refractivity contribution is 5.81. The van der Waals surface area contributed by atoms with Crippen LogP contribution >= 0.6 is 0 Å². The van der Waals surface area contributed by atoms with E-state index in [4.69, 9.17) is 10.9 Å². The van der Waals surface area contributed by atoms with Gasteiger partial charge in [-0.1, -0.05) is 12.1 Å². The molecule has 0 saturated carbocycles. The van der Waals surface area contributed by atoms with Crippen molar-refractivity contribution in [3.05, 3.63) is 0 Å². The minimum atomic E-state index is 0.242. The minimum absolute atomic E-state index is 0.242. The molecule has 15 heavy (non-hydrogen) atoms. The summed E-state index contributed by atoms with van der Waals surface area (Å²) in [4.78, 5) is 2.35. The van der Waals surface area contributed by atoms with Gasteiger partial charge >= 0.3 is 0 Å². The van der Waals surface area contributed by atoms with Gasteiger partial charge in [-0.2, -0.15) is 0 Å². The monoisotopic (exact) mass is 214 g/mol. The second kappa shape index (κ2) is 5.32. The molecule has 0 aromatic heterocycles. The Hall–Kier alpha value is -0.810. The van der Waals surface area contributed by atoms with E-state index in [1.54, 1.807) is 0 Å². The standard InChI is InChI=1S/C10H22N4O/c1-10(3-5-14(2)6-4-10)8-12-7-9(11)13-15/h12,15H,3-8H2,1-2H3,(H2,11,13). The number of rotatable bonds is 4. The molecule has 1 fully saturated rings. The summed E-state index contributed by atoms with van der Waals surface area (Å²) in [6, 6.07) is 0. The maximum absolute atomic E-state index is 8.39. The van der Waals surface area contributed by atoms with Crippen molar-refractivity contribution < 1.29 is 5.21 Å². The van der Waals surface area contributed by atoms with Crippen LogP contribution in [0.15, 0.2) is 5.16 Å². The number of likely N-dealkylation sites (tertiary alicyclic amines) is 1. The van der Waals surface area contributed by atoms with E-state index in [-0.39, 0.29) is 5.84 Å². The van der Waals surface area contributed by atoms with Crippen LogP contribution in [-0.2, 0) is 0 Å². The third-order valence-electron chi connectivity index (χ3n) is 3.18. The van der Waals surface area contributed by atoms with E-state index in [0.717, 1.165) is 19.6 Å². The lowest BCUT2D eigenvalue weighted by Gasteiger charge is -2.38. The van der Waals surface area contributed by atoms with Gasteiger partial charge < -0.3 is 21.2 Å². The maximum atomic E-state index is 8.39. The smallest absolute Gasteiger partial charge is 0.153 e. The number of nitrogens with two attached hydrogens (primary N) is 1. The van der Waals surface area contributed by atoms with Crippen LogP contribution in [0.2, 0.25) is 0 Å². The van der Waals surface area contributed by atoms with E-state index in [9.17, 15) is 0 Å². The number of amidine groups is 1. The molecule has 5 heteroatoms. The molecule has 1 saturated heterocycles. The van der Waals surface area contributed by atoms with Crippen LogP contribution < -0.4 is 11.1 Å². The Labute approximate surface area is 91.3 Å². The predicted octanol–water partition coefficient (Wildman–Crippen LogP) is 0.0543. The second-order valence-corrected chi connectivity index (χ2v) is 4.81. The normalized spacial score (nSPS) is 22.9. The van der Waals surface area contributed by atoms with Gasteiger partial charge in [-0.05, 0) is 38.4 Å². The summed E-state index contributed by atoms with van der Waals surface area (Å²) in [5.74, 6) is 0.242. The summed E-state index contributed by atoms with van der Waals surface area (Å²) in [6.07, 6.45) is 2.40. The Morgan fingerprint density at radius 3 is 2.67 bits per heavy atom. The molecule has 0 spiro atoms. The van der Waals surface area contributed by atoms with Crippen LogP contribution in [0.4, 0.5) is 0 Å². The van der Waals surface area contributed by atoms with Crippen molar-refractivity contribution in [1.82, 2.24) is 10.2 Å². The molecular weight excluding hydrogens is 192 g/mol. The van der Waals surface area contributed by atoms with E-state index < -0.39 is 0 Å². The number of oxime groups is 1. The van der Waals surface area contributed by atoms with Crippen molar-refractivity contribution in [3.8, 4) is 0 Å². The van der Waals surface area contributed by atoms with E-state index in [1.165, 1.54) is 12.8 Å². The molecule has 1 rings (SSSR count). The zero-order valence-corrected chi connectivity index (χ0v) is 9.66. The van der Waals surface area contributed by atoms with Gasteiger partial charge in [-0.25, -0.2) is 0 Å². The highest BCUT2D eigenvalue weighted by atomic mass is 16.4. The molecular formula is C10H22N4O. The maximum Gasteiger partial charge on any atom is 0.153 e. The van der Waals surface area contributed by atoms with Crippen molar-refractivity contribution in [3.63, 3.8) is 0 Å². The summed E-state index contributed by atoms with van der Waals surface area (Å²) in [5, 5.41) is 14.5. The first kappa shape index (κ1) is 12.3. The molecule has 0 radical (unpaired) electrons. The summed E-state index contributed by atoms with van der Waals surface area (Å²) in [7, 11) is 2.16. The Morgan fingerprint density at radius 1 is 1.53 bits per heavy atom. The van der Waals surface area contributed by atoms with E-state index >= 15 is 0 Å². The van der Waals surface area contributed by atoms with Crippen molar-refractivity contribution in [2.75, 3.05) is 33.2 Å². The van der Waals surface area contributed by atoms with Crippen LogP contribution in [0, 0.1) is 5.41 Å². The molecule has 88 valence electrons. The van der Waals surface area contributed by atoms with Gasteiger partial charge in [-0.15, -0.1) is 0 Å². The molecule has 1 heterocycles. The zero-order valence-electron chi connectivity index (χ0n) is 9.66. The molecule has 4 N–H and O–H groups in total. The first-order valence-electron chi connectivity index (χ1n) is 5.41. The molecule has 1 aliphatic heterocycles. The zero-order chi connectivity index (χ0) is 11.3. The fourth-order valence-corrected chi connectivity index (χ4v) is 1.86. The SMILES string of the molecule is CN1CCC(C)(CNCC(N)=NO)CC1. The molecule has 5 nitrogen and oxygen atoms in total. The quantitative estimate of drug-likeness (QED) is 0.268. The van der Waals surface area contributed by atoms with Crippen molar-refractivity contribution >= 4 is 5.84 Å². The van der Waals surface area contributed by atoms with Gasteiger partial charge in [-0.3, -0.25) is 0 Å². The molecule has 0 aromatic rings. The molecule has 1 aliphatic rings. The van der Waals surface area contributed by atoms with Gasteiger partial charge in [0.15, 0.2) is 5.84 Å². The molecule has 0 aromatic carbocycles. The lowest BCUT2D eigenvalue weighted by atomic mass is 9.80. The Balaban J connectivity index is 2.25. The summed E-state index contributed by atoms with van der Waals surface area (Å²) in [5.41, 5.74) is 5.73. The Bertz CT molecular complexity index is 221. The fourth-order valence-electron chi connectivity index (χ4n) is 1.86. The van der Waals surface area contributed by atoms with Gasteiger partial charge in [0.1, 0.15) is 0 Å². The molecule has 0 bridgehead atoms. The van der Waals surface area contributed by atoms with Crippen molar-refractivity contribution in [2.24, 2.45) is 16.3 Å². The second-order valence-electron chi connectivity index (χ2n) is 4.81. The van der Waals surface area contributed by atoms with Crippen molar-refractivity contribution in [2.45, 2.75) is 19.8 Å². The first-order chi connectivity index (χ1) is 7.06. The molecule has 0 unspecified atom stereocenters. The van der Waals surface area contributed by atoms with Crippen LogP contribution in [0.1, 0.15) is 19.8 Å². The number of hydrogen-bond donors (Lipinski definition) is 3. The lowest BCUT2D eigenvalue weighted by Crippen LogP contribution is -2.43. The van der Waals surface area contributed by atoms with Gasteiger partial charge in [0.25, 0.3) is 0 Å². The molecule has 0 atom stereocenters. The van der Waals surface area contributed by atoms with Crippen LogP contribution in [0.25, 0.3) is 0 Å². The van der Waals surface area contributed by atoms with E-state index in [1.807, 2.05) is 0 Å². The number of nitrogens with one attached hydrogen (secondary N) is 1. The van der Waals surface area contributed by atoms with E-state index in [0.29, 0.717) is 12.0 Å². The van der Waals surface area contributed by atoms with Gasteiger partial charge in [0, 0.05) is 6.54 Å². The third kappa shape index (κ3) is 4.05. The Morgan fingerprint density at radius 2 is 2.13 bits per heavy atom. The summed E-state index contributed by atoms with van der Waals surface area (Å²) in [6.45, 7) is 5.99. The van der Waals surface area contributed by atoms with Gasteiger partial charge in [0.05, 0.1) is 6.54 Å². The average Bonchev–Trinajstić information content (AvgIpc) is 2.23. The lowest BCUT2D eigenvalue weighted by molar-refractivity contribution is 0.138. The summed E-state index contributed by atoms with van der Waals surface area (Å²) < 4.78 is 0. The summed E-state index contributed by atoms with van der Waals surface area (Å²) >= 11 is 0. The number of hydrogen-bond acceptors (Lipinski definition) is 4. The van der Waals surface area contributed by atoms with Crippen LogP contribution in [-0.4, -0.2) is 49.2 Å². The van der Waals surface area contributed by atoms with Crippen LogP contribution in [0.3, 0.4) is 0 Å². The topological polar surface area (TPSA) is 73.9 Å². The van der Waals surface area contributed by atoms with Crippen LogP contribution in [0.5, 0.6) is 0 Å². The third-order valence-corrected chi connectivity index (χ3v) is 3.18. The number of piperidine rings is 1. The predicted molar refractivity (Wildman–Crippen MR) is 61.1 cm³/mol. The van der Waals surface area contributed by atoms with Crippen molar-refractivity contribution in [1.29, 1.82) is 0 Å². The average molecular weight is 214 g/mol. The largest absolute Gasteiger partial charge is 0.409 e. The fraction of sp³-hybridized carbons (Fsp3) is 0.900. The molecule has 0 aliphatic carbocycles. The minimum Gasteiger partial charge on any atom is -0.409 e. The Kier molecular flexibility index (Phi) is 4.35. The first-order valence-corrected chi connectivity index (χ1v) is 5.41. The van der Waals surface area contributed by atoms with E-state index in [2.05, 4.69) is 29.3 Å². The highest BCUT2D eigenvalue weighted by Gasteiger charge is 2.28.